The number of halogens is 1. The summed E-state index contributed by atoms with van der Waals surface area (Å²) in [6.07, 6.45) is 4.66. The molecule has 1 aromatic rings. The van der Waals surface area contributed by atoms with Gasteiger partial charge in [0.25, 0.3) is 5.91 Å². The summed E-state index contributed by atoms with van der Waals surface area (Å²) in [5, 5.41) is 3.45. The third-order valence-corrected chi connectivity index (χ3v) is 3.64. The van der Waals surface area contributed by atoms with Crippen LogP contribution >= 0.6 is 11.6 Å². The zero-order valence-corrected chi connectivity index (χ0v) is 13.1. The van der Waals surface area contributed by atoms with Crippen LogP contribution in [-0.2, 0) is 4.79 Å². The van der Waals surface area contributed by atoms with E-state index >= 15 is 0 Å². The Morgan fingerprint density at radius 2 is 2.10 bits per heavy atom. The molecule has 1 N–H and O–H groups in total. The molecule has 0 aliphatic rings. The first kappa shape index (κ1) is 16.8. The molecule has 0 spiro atoms. The number of para-hydroxylation sites is 1. The van der Waals surface area contributed by atoms with E-state index in [1.165, 1.54) is 19.3 Å². The van der Waals surface area contributed by atoms with Crippen molar-refractivity contribution in [2.75, 3.05) is 13.2 Å². The molecule has 1 aromatic carbocycles. The molecule has 1 atom stereocenters. The van der Waals surface area contributed by atoms with E-state index in [2.05, 4.69) is 19.2 Å². The van der Waals surface area contributed by atoms with E-state index in [0.717, 1.165) is 13.0 Å². The summed E-state index contributed by atoms with van der Waals surface area (Å²) < 4.78 is 5.40. The highest BCUT2D eigenvalue weighted by atomic mass is 35.5. The van der Waals surface area contributed by atoms with Gasteiger partial charge < -0.3 is 10.1 Å². The minimum absolute atomic E-state index is 0.00788. The summed E-state index contributed by atoms with van der Waals surface area (Å²) in [6.45, 7) is 5.07. The Bertz CT molecular complexity index is 409. The molecule has 3 nitrogen and oxygen atoms in total. The average molecular weight is 298 g/mol. The second-order valence-corrected chi connectivity index (χ2v) is 5.35. The molecule has 0 fully saturated rings. The standard InChI is InChI=1S/C16H24ClNO2/c1-3-5-8-13(4-2)11-18-16(19)12-20-15-10-7-6-9-14(15)17/h6-7,9-10,13H,3-5,8,11-12H2,1-2H3,(H,18,19)/t13-/m1/s1. The number of benzene rings is 1. The molecular formula is C16H24ClNO2. The monoisotopic (exact) mass is 297 g/mol. The second kappa shape index (κ2) is 9.65. The largest absolute Gasteiger partial charge is 0.482 e. The molecule has 0 aliphatic heterocycles. The first-order chi connectivity index (χ1) is 9.67. The molecule has 0 saturated carbocycles. The van der Waals surface area contributed by atoms with E-state index in [-0.39, 0.29) is 12.5 Å². The summed E-state index contributed by atoms with van der Waals surface area (Å²) in [5.74, 6) is 1.00. The average Bonchev–Trinajstić information content (AvgIpc) is 2.46. The van der Waals surface area contributed by atoms with Crippen molar-refractivity contribution in [1.29, 1.82) is 0 Å². The maximum atomic E-state index is 11.7. The van der Waals surface area contributed by atoms with E-state index in [9.17, 15) is 4.79 Å². The number of unbranched alkanes of at least 4 members (excludes halogenated alkanes) is 1. The number of rotatable bonds is 9. The minimum atomic E-state index is -0.0973. The lowest BCUT2D eigenvalue weighted by Crippen LogP contribution is -2.33. The highest BCUT2D eigenvalue weighted by Crippen LogP contribution is 2.22. The van der Waals surface area contributed by atoms with Gasteiger partial charge in [0.2, 0.25) is 0 Å². The van der Waals surface area contributed by atoms with Crippen molar-refractivity contribution >= 4 is 17.5 Å². The number of amides is 1. The van der Waals surface area contributed by atoms with E-state index < -0.39 is 0 Å². The Morgan fingerprint density at radius 1 is 1.35 bits per heavy atom. The predicted molar refractivity (Wildman–Crippen MR) is 83.3 cm³/mol. The van der Waals surface area contributed by atoms with Crippen molar-refractivity contribution in [2.45, 2.75) is 39.5 Å². The van der Waals surface area contributed by atoms with Crippen molar-refractivity contribution in [3.8, 4) is 5.75 Å². The van der Waals surface area contributed by atoms with Crippen LogP contribution in [0.2, 0.25) is 5.02 Å². The number of hydrogen-bond acceptors (Lipinski definition) is 2. The molecule has 4 heteroatoms. The Kier molecular flexibility index (Phi) is 8.12. The van der Waals surface area contributed by atoms with Gasteiger partial charge in [0, 0.05) is 6.54 Å². The summed E-state index contributed by atoms with van der Waals surface area (Å²) in [4.78, 5) is 11.7. The minimum Gasteiger partial charge on any atom is -0.482 e. The van der Waals surface area contributed by atoms with Gasteiger partial charge in [-0.25, -0.2) is 0 Å². The van der Waals surface area contributed by atoms with Crippen LogP contribution in [0.25, 0.3) is 0 Å². The highest BCUT2D eigenvalue weighted by Gasteiger charge is 2.09. The van der Waals surface area contributed by atoms with Crippen molar-refractivity contribution in [3.63, 3.8) is 0 Å². The van der Waals surface area contributed by atoms with Crippen LogP contribution in [0.1, 0.15) is 39.5 Å². The van der Waals surface area contributed by atoms with Crippen LogP contribution in [0.3, 0.4) is 0 Å². The second-order valence-electron chi connectivity index (χ2n) is 4.94. The smallest absolute Gasteiger partial charge is 0.257 e. The normalized spacial score (nSPS) is 11.9. The molecule has 0 bridgehead atoms. The summed E-state index contributed by atoms with van der Waals surface area (Å²) in [5.41, 5.74) is 0. The van der Waals surface area contributed by atoms with Crippen LogP contribution in [0.5, 0.6) is 5.75 Å². The third kappa shape index (κ3) is 6.29. The summed E-state index contributed by atoms with van der Waals surface area (Å²) >= 11 is 5.96. The number of carbonyl (C=O) groups is 1. The lowest BCUT2D eigenvalue weighted by Gasteiger charge is -2.15. The van der Waals surface area contributed by atoms with Gasteiger partial charge in [-0.15, -0.1) is 0 Å². The van der Waals surface area contributed by atoms with Crippen LogP contribution in [0, 0.1) is 5.92 Å². The molecule has 0 unspecified atom stereocenters. The molecule has 1 rings (SSSR count). The lowest BCUT2D eigenvalue weighted by molar-refractivity contribution is -0.123. The fraction of sp³-hybridized carbons (Fsp3) is 0.562. The molecule has 112 valence electrons. The molecule has 0 radical (unpaired) electrons. The van der Waals surface area contributed by atoms with Crippen molar-refractivity contribution in [1.82, 2.24) is 5.32 Å². The Hall–Kier alpha value is -1.22. The van der Waals surface area contributed by atoms with Crippen molar-refractivity contribution in [2.24, 2.45) is 5.92 Å². The van der Waals surface area contributed by atoms with Gasteiger partial charge in [0.1, 0.15) is 5.75 Å². The number of ether oxygens (including phenoxy) is 1. The fourth-order valence-electron chi connectivity index (χ4n) is 1.96. The van der Waals surface area contributed by atoms with Crippen molar-refractivity contribution < 1.29 is 9.53 Å². The number of hydrogen-bond donors (Lipinski definition) is 1. The van der Waals surface area contributed by atoms with Gasteiger partial charge in [-0.2, -0.15) is 0 Å². The van der Waals surface area contributed by atoms with Gasteiger partial charge in [0.05, 0.1) is 5.02 Å². The van der Waals surface area contributed by atoms with Crippen LogP contribution in [0.15, 0.2) is 24.3 Å². The van der Waals surface area contributed by atoms with Gasteiger partial charge in [-0.3, -0.25) is 4.79 Å². The quantitative estimate of drug-likeness (QED) is 0.747. The van der Waals surface area contributed by atoms with E-state index in [0.29, 0.717) is 16.7 Å². The topological polar surface area (TPSA) is 38.3 Å². The maximum absolute atomic E-state index is 11.7. The third-order valence-electron chi connectivity index (χ3n) is 3.33. The van der Waals surface area contributed by atoms with E-state index in [1.807, 2.05) is 12.1 Å². The summed E-state index contributed by atoms with van der Waals surface area (Å²) in [6, 6.07) is 7.16. The first-order valence-corrected chi connectivity index (χ1v) is 7.69. The Morgan fingerprint density at radius 3 is 2.75 bits per heavy atom. The van der Waals surface area contributed by atoms with Gasteiger partial charge >= 0.3 is 0 Å². The zero-order valence-electron chi connectivity index (χ0n) is 12.3. The zero-order chi connectivity index (χ0) is 14.8. The molecule has 0 heterocycles. The fourth-order valence-corrected chi connectivity index (χ4v) is 2.15. The first-order valence-electron chi connectivity index (χ1n) is 7.31. The molecule has 0 aromatic heterocycles. The molecule has 20 heavy (non-hydrogen) atoms. The van der Waals surface area contributed by atoms with Crippen LogP contribution in [-0.4, -0.2) is 19.1 Å². The number of nitrogens with one attached hydrogen (secondary N) is 1. The van der Waals surface area contributed by atoms with E-state index in [4.69, 9.17) is 16.3 Å². The Labute approximate surface area is 126 Å². The number of carbonyl (C=O) groups excluding carboxylic acids is 1. The van der Waals surface area contributed by atoms with Gasteiger partial charge in [-0.1, -0.05) is 56.8 Å². The SMILES string of the molecule is CCCC[C@@H](CC)CNC(=O)COc1ccccc1Cl. The maximum Gasteiger partial charge on any atom is 0.257 e. The van der Waals surface area contributed by atoms with Crippen LogP contribution < -0.4 is 10.1 Å². The molecule has 1 amide bonds. The summed E-state index contributed by atoms with van der Waals surface area (Å²) in [7, 11) is 0. The van der Waals surface area contributed by atoms with Gasteiger partial charge in [-0.05, 0) is 24.5 Å². The predicted octanol–water partition coefficient (Wildman–Crippen LogP) is 4.05. The van der Waals surface area contributed by atoms with Crippen molar-refractivity contribution in [3.05, 3.63) is 29.3 Å². The lowest BCUT2D eigenvalue weighted by atomic mass is 9.99. The molecule has 0 aliphatic carbocycles. The highest BCUT2D eigenvalue weighted by molar-refractivity contribution is 6.32. The van der Waals surface area contributed by atoms with Gasteiger partial charge in [0.15, 0.2) is 6.61 Å². The van der Waals surface area contributed by atoms with E-state index in [1.54, 1.807) is 12.1 Å². The molecule has 0 saturated heterocycles. The molecular weight excluding hydrogens is 274 g/mol. The van der Waals surface area contributed by atoms with Crippen LogP contribution in [0.4, 0.5) is 0 Å². The Balaban J connectivity index is 2.28.